The van der Waals surface area contributed by atoms with E-state index in [9.17, 15) is 4.39 Å². The molecule has 4 fully saturated rings. The highest BCUT2D eigenvalue weighted by Gasteiger charge is 2.50. The first-order valence-electron chi connectivity index (χ1n) is 12.5. The van der Waals surface area contributed by atoms with Gasteiger partial charge in [-0.25, -0.2) is 4.39 Å². The summed E-state index contributed by atoms with van der Waals surface area (Å²) >= 11 is 0. The van der Waals surface area contributed by atoms with Crippen molar-refractivity contribution in [2.75, 3.05) is 44.3 Å². The van der Waals surface area contributed by atoms with Crippen molar-refractivity contribution in [1.29, 1.82) is 0 Å². The minimum absolute atomic E-state index is 0.166. The van der Waals surface area contributed by atoms with Crippen LogP contribution < -0.4 is 9.64 Å². The number of ether oxygens (including phenoxy) is 2. The van der Waals surface area contributed by atoms with E-state index in [1.807, 2.05) is 6.07 Å². The first-order valence-corrected chi connectivity index (χ1v) is 12.5. The number of nitrogens with zero attached hydrogens (tertiary/aromatic N) is 4. The van der Waals surface area contributed by atoms with Crippen LogP contribution >= 0.6 is 0 Å². The summed E-state index contributed by atoms with van der Waals surface area (Å²) in [5, 5.41) is 7.84. The Morgan fingerprint density at radius 3 is 2.64 bits per heavy atom. The second-order valence-electron chi connectivity index (χ2n) is 10.4. The summed E-state index contributed by atoms with van der Waals surface area (Å²) in [5.74, 6) is 1.07. The fourth-order valence-corrected chi connectivity index (χ4v) is 6.47. The van der Waals surface area contributed by atoms with Crippen LogP contribution in [-0.2, 0) is 4.74 Å². The molecule has 4 heterocycles. The number of piperidine rings is 1. The van der Waals surface area contributed by atoms with Crippen molar-refractivity contribution in [1.82, 2.24) is 15.1 Å². The van der Waals surface area contributed by atoms with Crippen molar-refractivity contribution in [2.24, 2.45) is 5.41 Å². The van der Waals surface area contributed by atoms with Crippen molar-refractivity contribution in [3.63, 3.8) is 0 Å². The highest BCUT2D eigenvalue weighted by molar-refractivity contribution is 5.38. The van der Waals surface area contributed by atoms with E-state index in [2.05, 4.69) is 20.0 Å². The van der Waals surface area contributed by atoms with Crippen molar-refractivity contribution in [3.8, 4) is 5.75 Å². The van der Waals surface area contributed by atoms with Crippen LogP contribution in [0.5, 0.6) is 5.75 Å². The van der Waals surface area contributed by atoms with Gasteiger partial charge in [-0.2, -0.15) is 0 Å². The highest BCUT2D eigenvalue weighted by atomic mass is 19.1. The molecule has 3 aliphatic heterocycles. The molecule has 0 radical (unpaired) electrons. The minimum atomic E-state index is -0.166. The van der Waals surface area contributed by atoms with E-state index in [1.54, 1.807) is 6.07 Å². The van der Waals surface area contributed by atoms with Crippen LogP contribution in [0.3, 0.4) is 0 Å². The Kier molecular flexibility index (Phi) is 5.74. The van der Waals surface area contributed by atoms with Gasteiger partial charge in [-0.1, -0.05) is 5.10 Å². The summed E-state index contributed by atoms with van der Waals surface area (Å²) < 4.78 is 31.3. The molecule has 7 nitrogen and oxygen atoms in total. The van der Waals surface area contributed by atoms with Crippen molar-refractivity contribution >= 4 is 6.01 Å². The van der Waals surface area contributed by atoms with E-state index in [0.29, 0.717) is 23.4 Å². The molecule has 4 aliphatic rings. The summed E-state index contributed by atoms with van der Waals surface area (Å²) in [6.45, 7) is 5.69. The zero-order chi connectivity index (χ0) is 22.3. The van der Waals surface area contributed by atoms with Gasteiger partial charge in [-0.3, -0.25) is 0 Å². The maximum absolute atomic E-state index is 14.2. The van der Waals surface area contributed by atoms with Gasteiger partial charge in [0.05, 0.1) is 13.2 Å². The molecule has 1 atom stereocenters. The Bertz CT molecular complexity index is 935. The van der Waals surface area contributed by atoms with E-state index in [1.165, 1.54) is 31.7 Å². The molecular formula is C25H33FN4O3. The van der Waals surface area contributed by atoms with Crippen LogP contribution in [0.25, 0.3) is 0 Å². The predicted octanol–water partition coefficient (Wildman–Crippen LogP) is 4.01. The van der Waals surface area contributed by atoms with Crippen LogP contribution in [-0.4, -0.2) is 66.6 Å². The average molecular weight is 457 g/mol. The fourth-order valence-electron chi connectivity index (χ4n) is 6.47. The van der Waals surface area contributed by atoms with E-state index in [-0.39, 0.29) is 11.9 Å². The van der Waals surface area contributed by atoms with Crippen LogP contribution in [0.15, 0.2) is 29.0 Å². The lowest BCUT2D eigenvalue weighted by Crippen LogP contribution is -2.56. The maximum atomic E-state index is 14.2. The number of hydrogen-bond donors (Lipinski definition) is 0. The van der Waals surface area contributed by atoms with Crippen molar-refractivity contribution in [3.05, 3.63) is 36.0 Å². The maximum Gasteiger partial charge on any atom is 0.317 e. The smallest absolute Gasteiger partial charge is 0.317 e. The van der Waals surface area contributed by atoms with Crippen LogP contribution in [0.4, 0.5) is 10.4 Å². The number of benzene rings is 1. The number of anilines is 1. The number of aromatic nitrogens is 2. The quantitative estimate of drug-likeness (QED) is 0.674. The van der Waals surface area contributed by atoms with Gasteiger partial charge in [0.1, 0.15) is 17.7 Å². The fraction of sp³-hybridized carbons (Fsp3) is 0.680. The molecule has 6 rings (SSSR count). The van der Waals surface area contributed by atoms with Gasteiger partial charge in [-0.15, -0.1) is 5.10 Å². The molecule has 2 aromatic rings. The molecule has 0 N–H and O–H groups in total. The molecule has 1 aromatic carbocycles. The van der Waals surface area contributed by atoms with Crippen molar-refractivity contribution < 1.29 is 18.3 Å². The van der Waals surface area contributed by atoms with E-state index in [0.717, 1.165) is 76.4 Å². The van der Waals surface area contributed by atoms with Crippen LogP contribution in [0.1, 0.15) is 56.4 Å². The third-order valence-electron chi connectivity index (χ3n) is 8.27. The molecule has 0 amide bonds. The number of halogens is 1. The molecule has 3 saturated heterocycles. The monoisotopic (exact) mass is 456 g/mol. The molecule has 1 spiro atoms. The summed E-state index contributed by atoms with van der Waals surface area (Å²) in [6.07, 6.45) is 9.30. The third kappa shape index (κ3) is 4.35. The summed E-state index contributed by atoms with van der Waals surface area (Å²) in [4.78, 5) is 4.88. The van der Waals surface area contributed by atoms with Gasteiger partial charge in [-0.05, 0) is 69.3 Å². The number of likely N-dealkylation sites (tertiary alicyclic amines) is 1. The van der Waals surface area contributed by atoms with Gasteiger partial charge in [0.2, 0.25) is 6.39 Å². The predicted molar refractivity (Wildman–Crippen MR) is 121 cm³/mol. The van der Waals surface area contributed by atoms with Crippen molar-refractivity contribution in [2.45, 2.75) is 63.0 Å². The van der Waals surface area contributed by atoms with Gasteiger partial charge >= 0.3 is 6.01 Å². The van der Waals surface area contributed by atoms with Gasteiger partial charge in [0, 0.05) is 43.0 Å². The first kappa shape index (κ1) is 21.4. The zero-order valence-electron chi connectivity index (χ0n) is 19.1. The molecule has 178 valence electrons. The molecule has 1 saturated carbocycles. The molecule has 33 heavy (non-hydrogen) atoms. The molecule has 1 aliphatic carbocycles. The standard InChI is InChI=1S/C25H33FN4O3/c26-19-1-2-23(33-21-6-11-31-12-7-21)22(13-19)18-4-9-29(10-5-18)20-3-8-25(14-20)15-30(16-25)24-28-27-17-32-24/h1-2,13,17-18,20-21H,3-12,14-16H2/t20-/m1/s1. The second kappa shape index (κ2) is 8.87. The Labute approximate surface area is 194 Å². The lowest BCUT2D eigenvalue weighted by molar-refractivity contribution is 0.0248. The molecule has 0 unspecified atom stereocenters. The Balaban J connectivity index is 1.05. The topological polar surface area (TPSA) is 63.9 Å². The van der Waals surface area contributed by atoms with Gasteiger partial charge in [0.25, 0.3) is 0 Å². The SMILES string of the molecule is Fc1ccc(OC2CCOCC2)c(C2CCN([C@@H]3CCC4(C3)CN(c3nnco3)C4)CC2)c1. The van der Waals surface area contributed by atoms with E-state index < -0.39 is 0 Å². The number of rotatable bonds is 5. The normalized spacial score (nSPS) is 26.6. The summed E-state index contributed by atoms with van der Waals surface area (Å²) in [7, 11) is 0. The number of hydrogen-bond acceptors (Lipinski definition) is 7. The lowest BCUT2D eigenvalue weighted by atomic mass is 9.78. The molecule has 1 aromatic heterocycles. The average Bonchev–Trinajstić information content (AvgIpc) is 3.51. The highest BCUT2D eigenvalue weighted by Crippen LogP contribution is 2.49. The third-order valence-corrected chi connectivity index (χ3v) is 8.27. The Morgan fingerprint density at radius 2 is 1.88 bits per heavy atom. The van der Waals surface area contributed by atoms with Crippen LogP contribution in [0, 0.1) is 11.2 Å². The molecule has 0 bridgehead atoms. The molecular weight excluding hydrogens is 423 g/mol. The first-order chi connectivity index (χ1) is 16.2. The zero-order valence-corrected chi connectivity index (χ0v) is 19.1. The molecule has 8 heteroatoms. The lowest BCUT2D eigenvalue weighted by Gasteiger charge is -2.48. The Hall–Kier alpha value is -2.19. The van der Waals surface area contributed by atoms with E-state index in [4.69, 9.17) is 13.9 Å². The summed E-state index contributed by atoms with van der Waals surface area (Å²) in [6, 6.07) is 6.38. The Morgan fingerprint density at radius 1 is 1.06 bits per heavy atom. The van der Waals surface area contributed by atoms with Crippen LogP contribution in [0.2, 0.25) is 0 Å². The van der Waals surface area contributed by atoms with Gasteiger partial charge < -0.3 is 23.7 Å². The largest absolute Gasteiger partial charge is 0.490 e. The minimum Gasteiger partial charge on any atom is -0.490 e. The second-order valence-corrected chi connectivity index (χ2v) is 10.4. The van der Waals surface area contributed by atoms with Gasteiger partial charge in [0.15, 0.2) is 0 Å². The van der Waals surface area contributed by atoms with E-state index >= 15 is 0 Å². The summed E-state index contributed by atoms with van der Waals surface area (Å²) in [5.41, 5.74) is 1.46.